The van der Waals surface area contributed by atoms with E-state index in [9.17, 15) is 4.79 Å². The molecule has 1 heterocycles. The zero-order valence-corrected chi connectivity index (χ0v) is 10.1. The molecule has 1 saturated carbocycles. The van der Waals surface area contributed by atoms with Crippen molar-refractivity contribution in [3.63, 3.8) is 0 Å². The van der Waals surface area contributed by atoms with E-state index in [0.29, 0.717) is 5.76 Å². The fourth-order valence-electron chi connectivity index (χ4n) is 2.26. The maximum Gasteiger partial charge on any atom is 0.290 e. The Hall–Kier alpha value is -1.36. The number of carbonyl (C=O) groups excluding carboxylic acids is 1. The van der Waals surface area contributed by atoms with Crippen LogP contribution in [0.5, 0.6) is 0 Å². The lowest BCUT2D eigenvalue weighted by molar-refractivity contribution is 0.0890. The van der Waals surface area contributed by atoms with Gasteiger partial charge in [0, 0.05) is 17.6 Å². The number of nitrogens with two attached hydrogens (primary N) is 1. The predicted octanol–water partition coefficient (Wildman–Crippen LogP) is 1.37. The minimum atomic E-state index is -0.206. The lowest BCUT2D eigenvalue weighted by Crippen LogP contribution is -2.47. The van der Waals surface area contributed by atoms with E-state index in [2.05, 4.69) is 10.5 Å². The van der Waals surface area contributed by atoms with Crippen LogP contribution in [-0.4, -0.2) is 23.1 Å². The minimum absolute atomic E-state index is 0.0460. The first-order chi connectivity index (χ1) is 8.18. The van der Waals surface area contributed by atoms with Crippen LogP contribution in [0.1, 0.15) is 48.2 Å². The molecule has 94 valence electrons. The first kappa shape index (κ1) is 12.1. The number of rotatable bonds is 2. The van der Waals surface area contributed by atoms with E-state index in [0.717, 1.165) is 31.2 Å². The van der Waals surface area contributed by atoms with E-state index < -0.39 is 0 Å². The number of hydrogen-bond donors (Lipinski definition) is 2. The largest absolute Gasteiger partial charge is 0.351 e. The molecule has 2 atom stereocenters. The highest BCUT2D eigenvalue weighted by molar-refractivity contribution is 5.92. The fraction of sp³-hybridized carbons (Fsp3) is 0.667. The van der Waals surface area contributed by atoms with Crippen LogP contribution in [0.2, 0.25) is 0 Å². The van der Waals surface area contributed by atoms with Gasteiger partial charge in [0.15, 0.2) is 0 Å². The standard InChI is InChI=1S/C12H19N3O2/c1-8-7-14-17-11(8)12(16)15-10-6-4-2-3-5-9(10)13/h7,9-10H,2-6,13H2,1H3,(H,15,16). The van der Waals surface area contributed by atoms with Crippen molar-refractivity contribution >= 4 is 5.91 Å². The average Bonchev–Trinajstić information content (AvgIpc) is 2.63. The van der Waals surface area contributed by atoms with Gasteiger partial charge >= 0.3 is 0 Å². The molecule has 3 N–H and O–H groups in total. The first-order valence-corrected chi connectivity index (χ1v) is 6.16. The highest BCUT2D eigenvalue weighted by atomic mass is 16.5. The van der Waals surface area contributed by atoms with E-state index in [1.807, 2.05) is 0 Å². The van der Waals surface area contributed by atoms with Crippen molar-refractivity contribution < 1.29 is 9.32 Å². The Labute approximate surface area is 101 Å². The number of nitrogens with one attached hydrogen (secondary N) is 1. The molecule has 0 aliphatic heterocycles. The zero-order valence-electron chi connectivity index (χ0n) is 10.1. The second-order valence-electron chi connectivity index (χ2n) is 4.72. The topological polar surface area (TPSA) is 81.2 Å². The van der Waals surface area contributed by atoms with Crippen molar-refractivity contribution in [2.75, 3.05) is 0 Å². The van der Waals surface area contributed by atoms with Gasteiger partial charge in [0.05, 0.1) is 6.20 Å². The van der Waals surface area contributed by atoms with Gasteiger partial charge in [-0.05, 0) is 19.8 Å². The first-order valence-electron chi connectivity index (χ1n) is 6.16. The fourth-order valence-corrected chi connectivity index (χ4v) is 2.26. The summed E-state index contributed by atoms with van der Waals surface area (Å²) in [6.07, 6.45) is 6.92. The third-order valence-electron chi connectivity index (χ3n) is 3.34. The average molecular weight is 237 g/mol. The molecule has 1 aliphatic rings. The number of carbonyl (C=O) groups is 1. The summed E-state index contributed by atoms with van der Waals surface area (Å²) in [6, 6.07) is 0.0965. The molecule has 5 nitrogen and oxygen atoms in total. The van der Waals surface area contributed by atoms with Gasteiger partial charge in [-0.1, -0.05) is 24.4 Å². The zero-order chi connectivity index (χ0) is 12.3. The van der Waals surface area contributed by atoms with Crippen LogP contribution in [0.3, 0.4) is 0 Å². The summed E-state index contributed by atoms with van der Waals surface area (Å²) >= 11 is 0. The molecule has 1 aromatic heterocycles. The van der Waals surface area contributed by atoms with E-state index in [1.54, 1.807) is 13.1 Å². The highest BCUT2D eigenvalue weighted by Crippen LogP contribution is 2.17. The van der Waals surface area contributed by atoms with Crippen molar-refractivity contribution in [2.45, 2.75) is 51.1 Å². The van der Waals surface area contributed by atoms with Crippen LogP contribution < -0.4 is 11.1 Å². The Bertz CT molecular complexity index is 389. The van der Waals surface area contributed by atoms with Crippen LogP contribution in [-0.2, 0) is 0 Å². The molecule has 5 heteroatoms. The summed E-state index contributed by atoms with van der Waals surface area (Å²) in [5.74, 6) is 0.0868. The molecule has 1 amide bonds. The molecule has 0 aromatic carbocycles. The third-order valence-corrected chi connectivity index (χ3v) is 3.34. The minimum Gasteiger partial charge on any atom is -0.351 e. The van der Waals surface area contributed by atoms with Crippen molar-refractivity contribution in [2.24, 2.45) is 5.73 Å². The van der Waals surface area contributed by atoms with Gasteiger partial charge < -0.3 is 15.6 Å². The molecular weight excluding hydrogens is 218 g/mol. The predicted molar refractivity (Wildman–Crippen MR) is 63.6 cm³/mol. The summed E-state index contributed by atoms with van der Waals surface area (Å²) in [5.41, 5.74) is 6.81. The van der Waals surface area contributed by atoms with E-state index in [4.69, 9.17) is 10.3 Å². The van der Waals surface area contributed by atoms with E-state index >= 15 is 0 Å². The van der Waals surface area contributed by atoms with Crippen LogP contribution >= 0.6 is 0 Å². The molecule has 0 bridgehead atoms. The Morgan fingerprint density at radius 2 is 2.24 bits per heavy atom. The Morgan fingerprint density at radius 1 is 1.47 bits per heavy atom. The van der Waals surface area contributed by atoms with Gasteiger partial charge in [0.1, 0.15) is 0 Å². The van der Waals surface area contributed by atoms with Crippen molar-refractivity contribution in [1.82, 2.24) is 10.5 Å². The molecule has 0 saturated heterocycles. The van der Waals surface area contributed by atoms with Gasteiger partial charge in [-0.2, -0.15) is 0 Å². The highest BCUT2D eigenvalue weighted by Gasteiger charge is 2.24. The lowest BCUT2D eigenvalue weighted by atomic mass is 10.0. The number of aromatic nitrogens is 1. The number of nitrogens with zero attached hydrogens (tertiary/aromatic N) is 1. The molecule has 1 fully saturated rings. The molecule has 1 aromatic rings. The van der Waals surface area contributed by atoms with Crippen LogP contribution in [0.25, 0.3) is 0 Å². The quantitative estimate of drug-likeness (QED) is 0.761. The summed E-state index contributed by atoms with van der Waals surface area (Å²) in [7, 11) is 0. The molecule has 2 rings (SSSR count). The van der Waals surface area contributed by atoms with Crippen molar-refractivity contribution in [3.8, 4) is 0 Å². The van der Waals surface area contributed by atoms with Gasteiger partial charge in [0.2, 0.25) is 5.76 Å². The molecule has 2 unspecified atom stereocenters. The summed E-state index contributed by atoms with van der Waals surface area (Å²) in [4.78, 5) is 12.0. The van der Waals surface area contributed by atoms with Gasteiger partial charge in [-0.25, -0.2) is 0 Å². The number of amides is 1. The van der Waals surface area contributed by atoms with E-state index in [1.165, 1.54) is 6.42 Å². The number of aryl methyl sites for hydroxylation is 1. The van der Waals surface area contributed by atoms with Crippen LogP contribution in [0.4, 0.5) is 0 Å². The Balaban J connectivity index is 2.00. The van der Waals surface area contributed by atoms with Gasteiger partial charge in [0.25, 0.3) is 5.91 Å². The number of hydrogen-bond acceptors (Lipinski definition) is 4. The smallest absolute Gasteiger partial charge is 0.290 e. The Kier molecular flexibility index (Phi) is 3.78. The van der Waals surface area contributed by atoms with Crippen LogP contribution in [0.15, 0.2) is 10.7 Å². The second-order valence-corrected chi connectivity index (χ2v) is 4.72. The lowest BCUT2D eigenvalue weighted by Gasteiger charge is -2.22. The van der Waals surface area contributed by atoms with Gasteiger partial charge in [-0.15, -0.1) is 0 Å². The monoisotopic (exact) mass is 237 g/mol. The SMILES string of the molecule is Cc1cnoc1C(=O)NC1CCCCCC1N. The molecule has 0 spiro atoms. The Morgan fingerprint density at radius 3 is 2.94 bits per heavy atom. The maximum atomic E-state index is 12.0. The molecule has 1 aliphatic carbocycles. The van der Waals surface area contributed by atoms with Crippen LogP contribution in [0, 0.1) is 6.92 Å². The van der Waals surface area contributed by atoms with Crippen molar-refractivity contribution in [3.05, 3.63) is 17.5 Å². The molecule has 17 heavy (non-hydrogen) atoms. The normalized spacial score (nSPS) is 25.3. The van der Waals surface area contributed by atoms with Gasteiger partial charge in [-0.3, -0.25) is 4.79 Å². The summed E-state index contributed by atoms with van der Waals surface area (Å²) in [6.45, 7) is 1.80. The maximum absolute atomic E-state index is 12.0. The summed E-state index contributed by atoms with van der Waals surface area (Å²) < 4.78 is 4.93. The summed E-state index contributed by atoms with van der Waals surface area (Å²) in [5, 5.41) is 6.56. The van der Waals surface area contributed by atoms with Crippen molar-refractivity contribution in [1.29, 1.82) is 0 Å². The third kappa shape index (κ3) is 2.85. The van der Waals surface area contributed by atoms with E-state index in [-0.39, 0.29) is 18.0 Å². The molecule has 0 radical (unpaired) electrons. The second kappa shape index (κ2) is 5.31. The molecular formula is C12H19N3O2.